The summed E-state index contributed by atoms with van der Waals surface area (Å²) in [5.41, 5.74) is 1.20. The molecule has 4 aliphatic carbocycles. The number of aliphatic hydroxyl groups is 1. The van der Waals surface area contributed by atoms with E-state index in [2.05, 4.69) is 0 Å². The average molecular weight is 325 g/mol. The van der Waals surface area contributed by atoms with Gasteiger partial charge in [-0.2, -0.15) is 0 Å². The molecule has 1 aromatic carbocycles. The lowest BCUT2D eigenvalue weighted by atomic mass is 9.48. The second-order valence-electron chi connectivity index (χ2n) is 7.74. The molecule has 1 unspecified atom stereocenters. The zero-order chi connectivity index (χ0) is 14.6. The molecule has 1 atom stereocenters. The first kappa shape index (κ1) is 14.4. The van der Waals surface area contributed by atoms with E-state index in [0.717, 1.165) is 23.3 Å². The van der Waals surface area contributed by atoms with Gasteiger partial charge >= 0.3 is 0 Å². The van der Waals surface area contributed by atoms with Crippen LogP contribution in [0.2, 0.25) is 10.0 Å². The number of hydrogen-bond donors (Lipinski definition) is 1. The third-order valence-corrected chi connectivity index (χ3v) is 6.81. The lowest BCUT2D eigenvalue weighted by molar-refractivity contribution is -0.119. The van der Waals surface area contributed by atoms with Gasteiger partial charge in [0.2, 0.25) is 0 Å². The summed E-state index contributed by atoms with van der Waals surface area (Å²) in [4.78, 5) is 0. The number of hydrogen-bond acceptors (Lipinski definition) is 1. The Hall–Kier alpha value is -0.240. The van der Waals surface area contributed by atoms with Crippen LogP contribution < -0.4 is 0 Å². The third kappa shape index (κ3) is 2.52. The van der Waals surface area contributed by atoms with Gasteiger partial charge in [0, 0.05) is 16.5 Å². The summed E-state index contributed by atoms with van der Waals surface area (Å²) in [6.07, 6.45) is 8.32. The zero-order valence-electron chi connectivity index (χ0n) is 12.2. The van der Waals surface area contributed by atoms with Crippen LogP contribution >= 0.6 is 23.2 Å². The van der Waals surface area contributed by atoms with Gasteiger partial charge in [-0.3, -0.25) is 0 Å². The van der Waals surface area contributed by atoms with Crippen molar-refractivity contribution in [2.75, 3.05) is 0 Å². The molecule has 114 valence electrons. The molecule has 4 fully saturated rings. The van der Waals surface area contributed by atoms with Gasteiger partial charge in [-0.1, -0.05) is 29.3 Å². The molecular formula is C18H22Cl2O. The lowest BCUT2D eigenvalue weighted by Crippen LogP contribution is -2.52. The highest BCUT2D eigenvalue weighted by Crippen LogP contribution is 2.61. The summed E-state index contributed by atoms with van der Waals surface area (Å²) in [6.45, 7) is 0. The molecule has 0 heterocycles. The lowest BCUT2D eigenvalue weighted by Gasteiger charge is -2.58. The molecule has 4 bridgehead atoms. The first-order valence-corrected chi connectivity index (χ1v) is 8.92. The molecule has 21 heavy (non-hydrogen) atoms. The van der Waals surface area contributed by atoms with E-state index in [4.69, 9.17) is 23.2 Å². The fraction of sp³-hybridized carbons (Fsp3) is 0.667. The maximum atomic E-state index is 11.0. The Labute approximate surface area is 136 Å². The minimum atomic E-state index is -0.260. The predicted molar refractivity (Wildman–Crippen MR) is 86.8 cm³/mol. The maximum absolute atomic E-state index is 11.0. The number of benzene rings is 1. The smallest absolute Gasteiger partial charge is 0.0637 e. The van der Waals surface area contributed by atoms with E-state index < -0.39 is 0 Å². The van der Waals surface area contributed by atoms with Crippen LogP contribution in [0.5, 0.6) is 0 Å². The van der Waals surface area contributed by atoms with E-state index >= 15 is 0 Å². The van der Waals surface area contributed by atoms with Crippen LogP contribution in [0.4, 0.5) is 0 Å². The maximum Gasteiger partial charge on any atom is 0.0637 e. The molecule has 4 aliphatic rings. The summed E-state index contributed by atoms with van der Waals surface area (Å²) >= 11 is 12.2. The molecule has 1 aromatic rings. The second kappa shape index (κ2) is 5.15. The minimum absolute atomic E-state index is 0.164. The Bertz CT molecular complexity index is 519. The minimum Gasteiger partial charge on any atom is -0.392 e. The molecule has 0 saturated heterocycles. The first-order valence-electron chi connectivity index (χ1n) is 8.16. The Morgan fingerprint density at radius 3 is 2.14 bits per heavy atom. The highest BCUT2D eigenvalue weighted by Gasteiger charge is 2.53. The van der Waals surface area contributed by atoms with Crippen LogP contribution in [-0.4, -0.2) is 11.2 Å². The van der Waals surface area contributed by atoms with Crippen LogP contribution in [0.25, 0.3) is 0 Å². The summed E-state index contributed by atoms with van der Waals surface area (Å²) in [5.74, 6) is 2.60. The molecule has 1 N–H and O–H groups in total. The molecule has 0 aromatic heterocycles. The molecule has 1 nitrogen and oxygen atoms in total. The van der Waals surface area contributed by atoms with Crippen LogP contribution in [0, 0.1) is 23.2 Å². The van der Waals surface area contributed by atoms with Gasteiger partial charge in [-0.05, 0) is 79.4 Å². The SMILES string of the molecule is OC(Cc1ccc(Cl)cc1Cl)C12CC3CC(CC(C3)C1)C2. The quantitative estimate of drug-likeness (QED) is 0.818. The molecular weight excluding hydrogens is 303 g/mol. The van der Waals surface area contributed by atoms with Gasteiger partial charge in [0.05, 0.1) is 6.10 Å². The van der Waals surface area contributed by atoms with Gasteiger partial charge in [0.25, 0.3) is 0 Å². The van der Waals surface area contributed by atoms with Crippen LogP contribution in [0.1, 0.15) is 44.1 Å². The number of halogens is 2. The second-order valence-corrected chi connectivity index (χ2v) is 8.58. The van der Waals surface area contributed by atoms with E-state index in [1.54, 1.807) is 6.07 Å². The standard InChI is InChI=1S/C18H22Cl2O/c19-15-2-1-14(16(20)7-15)6-17(21)18-8-11-3-12(9-18)5-13(4-11)10-18/h1-2,7,11-13,17,21H,3-6,8-10H2. The van der Waals surface area contributed by atoms with Crippen molar-refractivity contribution in [1.82, 2.24) is 0 Å². The Morgan fingerprint density at radius 1 is 1.05 bits per heavy atom. The highest BCUT2D eigenvalue weighted by atomic mass is 35.5. The van der Waals surface area contributed by atoms with Gasteiger partial charge < -0.3 is 5.11 Å². The van der Waals surface area contributed by atoms with Crippen molar-refractivity contribution < 1.29 is 5.11 Å². The van der Waals surface area contributed by atoms with Gasteiger partial charge in [-0.15, -0.1) is 0 Å². The predicted octanol–water partition coefficient (Wildman–Crippen LogP) is 5.11. The van der Waals surface area contributed by atoms with Crippen LogP contribution in [0.15, 0.2) is 18.2 Å². The highest BCUT2D eigenvalue weighted by molar-refractivity contribution is 6.35. The molecule has 5 rings (SSSR count). The molecule has 4 saturated carbocycles. The van der Waals surface area contributed by atoms with Crippen molar-refractivity contribution in [2.24, 2.45) is 23.2 Å². The summed E-state index contributed by atoms with van der Waals surface area (Å²) < 4.78 is 0. The van der Waals surface area contributed by atoms with E-state index in [-0.39, 0.29) is 11.5 Å². The number of rotatable bonds is 3. The summed E-state index contributed by atoms with van der Waals surface area (Å²) in [7, 11) is 0. The average Bonchev–Trinajstić information content (AvgIpc) is 2.40. The third-order valence-electron chi connectivity index (χ3n) is 6.22. The van der Waals surface area contributed by atoms with Crippen molar-refractivity contribution >= 4 is 23.2 Å². The van der Waals surface area contributed by atoms with Crippen LogP contribution in [-0.2, 0) is 6.42 Å². The fourth-order valence-electron chi connectivity index (χ4n) is 5.70. The largest absolute Gasteiger partial charge is 0.392 e. The fourth-order valence-corrected chi connectivity index (χ4v) is 6.18. The zero-order valence-corrected chi connectivity index (χ0v) is 13.7. The van der Waals surface area contributed by atoms with E-state index in [9.17, 15) is 5.11 Å². The Balaban J connectivity index is 1.56. The Kier molecular flexibility index (Phi) is 3.52. The summed E-state index contributed by atoms with van der Waals surface area (Å²) in [5, 5.41) is 12.3. The molecule has 0 radical (unpaired) electrons. The van der Waals surface area contributed by atoms with Gasteiger partial charge in [0.1, 0.15) is 0 Å². The Morgan fingerprint density at radius 2 is 1.62 bits per heavy atom. The molecule has 3 heteroatoms. The van der Waals surface area contributed by atoms with Crippen molar-refractivity contribution in [1.29, 1.82) is 0 Å². The summed E-state index contributed by atoms with van der Waals surface area (Å²) in [6, 6.07) is 5.62. The topological polar surface area (TPSA) is 20.2 Å². The van der Waals surface area contributed by atoms with Crippen LogP contribution in [0.3, 0.4) is 0 Å². The van der Waals surface area contributed by atoms with E-state index in [0.29, 0.717) is 16.5 Å². The van der Waals surface area contributed by atoms with Crippen molar-refractivity contribution in [3.05, 3.63) is 33.8 Å². The van der Waals surface area contributed by atoms with Crippen molar-refractivity contribution in [3.8, 4) is 0 Å². The van der Waals surface area contributed by atoms with Crippen molar-refractivity contribution in [2.45, 2.75) is 51.0 Å². The van der Waals surface area contributed by atoms with Crippen molar-refractivity contribution in [3.63, 3.8) is 0 Å². The molecule has 0 aliphatic heterocycles. The molecule has 0 amide bonds. The normalized spacial score (nSPS) is 38.7. The molecule has 0 spiro atoms. The van der Waals surface area contributed by atoms with E-state index in [1.165, 1.54) is 38.5 Å². The first-order chi connectivity index (χ1) is 10.0. The monoisotopic (exact) mass is 324 g/mol. The number of aliphatic hydroxyl groups excluding tert-OH is 1. The van der Waals surface area contributed by atoms with Gasteiger partial charge in [0.15, 0.2) is 0 Å². The van der Waals surface area contributed by atoms with E-state index in [1.807, 2.05) is 12.1 Å². The van der Waals surface area contributed by atoms with Gasteiger partial charge in [-0.25, -0.2) is 0 Å².